The SMILES string of the molecule is COc1ccc(C2C=CCC2)c(O)c1. The van der Waals surface area contributed by atoms with Crippen molar-refractivity contribution in [3.63, 3.8) is 0 Å². The Kier molecular flexibility index (Phi) is 2.44. The molecule has 1 unspecified atom stereocenters. The number of hydrogen-bond acceptors (Lipinski definition) is 2. The maximum Gasteiger partial charge on any atom is 0.123 e. The molecule has 0 heterocycles. The van der Waals surface area contributed by atoms with Crippen LogP contribution >= 0.6 is 0 Å². The van der Waals surface area contributed by atoms with Crippen LogP contribution < -0.4 is 4.74 Å². The standard InChI is InChI=1S/C12H14O2/c1-14-10-6-7-11(12(13)8-10)9-4-2-3-5-9/h2,4,6-9,13H,3,5H2,1H3. The Morgan fingerprint density at radius 2 is 2.29 bits per heavy atom. The molecule has 0 spiro atoms. The molecule has 0 radical (unpaired) electrons. The average Bonchev–Trinajstić information content (AvgIpc) is 2.70. The highest BCUT2D eigenvalue weighted by atomic mass is 16.5. The van der Waals surface area contributed by atoms with Gasteiger partial charge in [0.05, 0.1) is 7.11 Å². The smallest absolute Gasteiger partial charge is 0.123 e. The van der Waals surface area contributed by atoms with Crippen molar-refractivity contribution < 1.29 is 9.84 Å². The molecule has 0 saturated carbocycles. The second kappa shape index (κ2) is 3.74. The number of rotatable bonds is 2. The van der Waals surface area contributed by atoms with Gasteiger partial charge in [-0.1, -0.05) is 18.2 Å². The summed E-state index contributed by atoms with van der Waals surface area (Å²) in [7, 11) is 1.60. The van der Waals surface area contributed by atoms with E-state index in [2.05, 4.69) is 12.2 Å². The number of phenols is 1. The molecule has 2 nitrogen and oxygen atoms in total. The van der Waals surface area contributed by atoms with E-state index >= 15 is 0 Å². The lowest BCUT2D eigenvalue weighted by atomic mass is 9.98. The highest BCUT2D eigenvalue weighted by molar-refractivity contribution is 5.43. The Bertz CT molecular complexity index is 355. The van der Waals surface area contributed by atoms with Crippen LogP contribution in [0.5, 0.6) is 11.5 Å². The van der Waals surface area contributed by atoms with Crippen LogP contribution in [0, 0.1) is 0 Å². The average molecular weight is 190 g/mol. The number of hydrogen-bond donors (Lipinski definition) is 1. The predicted molar refractivity (Wildman–Crippen MR) is 55.8 cm³/mol. The zero-order chi connectivity index (χ0) is 9.97. The minimum absolute atomic E-state index is 0.334. The van der Waals surface area contributed by atoms with E-state index < -0.39 is 0 Å². The fourth-order valence-corrected chi connectivity index (χ4v) is 1.86. The highest BCUT2D eigenvalue weighted by Gasteiger charge is 2.15. The molecular formula is C12H14O2. The Hall–Kier alpha value is -1.44. The lowest BCUT2D eigenvalue weighted by Gasteiger charge is -2.11. The summed E-state index contributed by atoms with van der Waals surface area (Å²) in [5.41, 5.74) is 1.000. The normalized spacial score (nSPS) is 19.9. The summed E-state index contributed by atoms with van der Waals surface area (Å²) in [5, 5.41) is 9.77. The summed E-state index contributed by atoms with van der Waals surface area (Å²) in [6.45, 7) is 0. The Morgan fingerprint density at radius 1 is 1.43 bits per heavy atom. The number of benzene rings is 1. The van der Waals surface area contributed by atoms with Crippen molar-refractivity contribution in [3.05, 3.63) is 35.9 Å². The van der Waals surface area contributed by atoms with E-state index in [9.17, 15) is 5.11 Å². The van der Waals surface area contributed by atoms with Crippen molar-refractivity contribution in [2.75, 3.05) is 7.11 Å². The molecule has 0 saturated heterocycles. The molecule has 0 aromatic heterocycles. The predicted octanol–water partition coefficient (Wildman–Crippen LogP) is 2.83. The summed E-state index contributed by atoms with van der Waals surface area (Å²) in [6, 6.07) is 5.50. The van der Waals surface area contributed by atoms with Crippen molar-refractivity contribution in [1.82, 2.24) is 0 Å². The van der Waals surface area contributed by atoms with Crippen LogP contribution in [0.1, 0.15) is 24.3 Å². The van der Waals surface area contributed by atoms with Crippen LogP contribution in [-0.4, -0.2) is 12.2 Å². The fourth-order valence-electron chi connectivity index (χ4n) is 1.86. The lowest BCUT2D eigenvalue weighted by Crippen LogP contribution is -1.92. The van der Waals surface area contributed by atoms with Gasteiger partial charge in [0.2, 0.25) is 0 Å². The van der Waals surface area contributed by atoms with Gasteiger partial charge in [-0.3, -0.25) is 0 Å². The molecule has 1 aliphatic carbocycles. The second-order valence-electron chi connectivity index (χ2n) is 3.54. The third-order valence-electron chi connectivity index (χ3n) is 2.65. The molecule has 2 heteroatoms. The number of ether oxygens (including phenoxy) is 1. The van der Waals surface area contributed by atoms with Gasteiger partial charge in [0.1, 0.15) is 11.5 Å². The minimum atomic E-state index is 0.334. The molecule has 1 atom stereocenters. The molecule has 2 rings (SSSR count). The third kappa shape index (κ3) is 1.60. The monoisotopic (exact) mass is 190 g/mol. The molecule has 1 N–H and O–H groups in total. The van der Waals surface area contributed by atoms with E-state index in [-0.39, 0.29) is 0 Å². The maximum absolute atomic E-state index is 9.77. The molecule has 1 aliphatic rings. The first-order valence-corrected chi connectivity index (χ1v) is 4.85. The number of allylic oxidation sites excluding steroid dienone is 2. The van der Waals surface area contributed by atoms with Crippen LogP contribution in [-0.2, 0) is 0 Å². The Labute approximate surface area is 83.8 Å². The van der Waals surface area contributed by atoms with Crippen LogP contribution in [0.25, 0.3) is 0 Å². The molecule has 1 aromatic carbocycles. The van der Waals surface area contributed by atoms with Gasteiger partial charge < -0.3 is 9.84 Å². The number of phenolic OH excluding ortho intramolecular Hbond substituents is 1. The molecule has 14 heavy (non-hydrogen) atoms. The number of aromatic hydroxyl groups is 1. The van der Waals surface area contributed by atoms with E-state index in [4.69, 9.17) is 4.74 Å². The molecule has 1 aromatic rings. The molecule has 0 aliphatic heterocycles. The summed E-state index contributed by atoms with van der Waals surface area (Å²) in [4.78, 5) is 0. The number of methoxy groups -OCH3 is 1. The molecule has 0 bridgehead atoms. The molecule has 0 amide bonds. The van der Waals surface area contributed by atoms with E-state index in [1.165, 1.54) is 0 Å². The van der Waals surface area contributed by atoms with Gasteiger partial charge in [0.25, 0.3) is 0 Å². The summed E-state index contributed by atoms with van der Waals surface area (Å²) >= 11 is 0. The summed E-state index contributed by atoms with van der Waals surface area (Å²) in [5.74, 6) is 1.41. The van der Waals surface area contributed by atoms with Crippen molar-refractivity contribution >= 4 is 0 Å². The Balaban J connectivity index is 2.30. The van der Waals surface area contributed by atoms with Crippen molar-refractivity contribution in [1.29, 1.82) is 0 Å². The van der Waals surface area contributed by atoms with Crippen LogP contribution in [0.2, 0.25) is 0 Å². The van der Waals surface area contributed by atoms with Gasteiger partial charge in [0.15, 0.2) is 0 Å². The van der Waals surface area contributed by atoms with Gasteiger partial charge >= 0.3 is 0 Å². The van der Waals surface area contributed by atoms with Crippen LogP contribution in [0.3, 0.4) is 0 Å². The first kappa shape index (κ1) is 9.13. The maximum atomic E-state index is 9.77. The van der Waals surface area contributed by atoms with Crippen LogP contribution in [0.4, 0.5) is 0 Å². The van der Waals surface area contributed by atoms with Crippen molar-refractivity contribution in [3.8, 4) is 11.5 Å². The van der Waals surface area contributed by atoms with Crippen LogP contribution in [0.15, 0.2) is 30.4 Å². The molecule has 74 valence electrons. The van der Waals surface area contributed by atoms with E-state index in [0.29, 0.717) is 17.4 Å². The zero-order valence-corrected chi connectivity index (χ0v) is 8.23. The first-order valence-electron chi connectivity index (χ1n) is 4.85. The minimum Gasteiger partial charge on any atom is -0.508 e. The summed E-state index contributed by atoms with van der Waals surface area (Å²) < 4.78 is 5.03. The van der Waals surface area contributed by atoms with Gasteiger partial charge in [-0.25, -0.2) is 0 Å². The van der Waals surface area contributed by atoms with Gasteiger partial charge in [-0.05, 0) is 18.9 Å². The first-order chi connectivity index (χ1) is 6.81. The Morgan fingerprint density at radius 3 is 2.86 bits per heavy atom. The fraction of sp³-hybridized carbons (Fsp3) is 0.333. The van der Waals surface area contributed by atoms with Gasteiger partial charge in [-0.2, -0.15) is 0 Å². The van der Waals surface area contributed by atoms with E-state index in [1.807, 2.05) is 12.1 Å². The third-order valence-corrected chi connectivity index (χ3v) is 2.65. The van der Waals surface area contributed by atoms with E-state index in [0.717, 1.165) is 18.4 Å². The lowest BCUT2D eigenvalue weighted by molar-refractivity contribution is 0.406. The largest absolute Gasteiger partial charge is 0.508 e. The van der Waals surface area contributed by atoms with Gasteiger partial charge in [0, 0.05) is 17.5 Å². The topological polar surface area (TPSA) is 29.5 Å². The van der Waals surface area contributed by atoms with Crippen molar-refractivity contribution in [2.45, 2.75) is 18.8 Å². The molecule has 0 fully saturated rings. The van der Waals surface area contributed by atoms with Gasteiger partial charge in [-0.15, -0.1) is 0 Å². The van der Waals surface area contributed by atoms with Crippen molar-refractivity contribution in [2.24, 2.45) is 0 Å². The zero-order valence-electron chi connectivity index (χ0n) is 8.23. The van der Waals surface area contributed by atoms with E-state index in [1.54, 1.807) is 13.2 Å². The highest BCUT2D eigenvalue weighted by Crippen LogP contribution is 2.35. The summed E-state index contributed by atoms with van der Waals surface area (Å²) in [6.07, 6.45) is 6.52. The molecular weight excluding hydrogens is 176 g/mol. The quantitative estimate of drug-likeness (QED) is 0.726. The second-order valence-corrected chi connectivity index (χ2v) is 3.54.